The number of aliphatic carboxylic acids is 1. The monoisotopic (exact) mass is 313 g/mol. The van der Waals surface area contributed by atoms with Crippen LogP contribution in [0.4, 0.5) is 0 Å². The summed E-state index contributed by atoms with van der Waals surface area (Å²) in [6, 6.07) is 8.04. The summed E-state index contributed by atoms with van der Waals surface area (Å²) >= 11 is 0. The van der Waals surface area contributed by atoms with Crippen LogP contribution < -0.4 is 10.4 Å². The van der Waals surface area contributed by atoms with Crippen LogP contribution in [0, 0.1) is 11.8 Å². The molecule has 1 aromatic carbocycles. The van der Waals surface area contributed by atoms with Crippen molar-refractivity contribution >= 4 is 22.8 Å². The average molecular weight is 313 g/mol. The first kappa shape index (κ1) is 15.6. The second-order valence-corrected chi connectivity index (χ2v) is 6.22. The van der Waals surface area contributed by atoms with Gasteiger partial charge in [-0.05, 0) is 30.9 Å². The normalized spacial score (nSPS) is 21.2. The molecule has 2 atom stereocenters. The highest BCUT2D eigenvalue weighted by molar-refractivity contribution is 5.85. The maximum atomic E-state index is 12.3. The van der Waals surface area contributed by atoms with Gasteiger partial charge < -0.3 is 20.2 Å². The summed E-state index contributed by atoms with van der Waals surface area (Å²) in [6.45, 7) is 0.511. The van der Waals surface area contributed by atoms with E-state index in [1.165, 1.54) is 0 Å². The molecule has 1 heterocycles. The highest BCUT2D eigenvalue weighted by Gasteiger charge is 2.31. The zero-order valence-electron chi connectivity index (χ0n) is 13.0. The Bertz CT molecular complexity index is 707. The fourth-order valence-corrected chi connectivity index (χ4v) is 3.52. The van der Waals surface area contributed by atoms with Gasteiger partial charge in [0.25, 0.3) is 0 Å². The molecule has 1 aliphatic carbocycles. The summed E-state index contributed by atoms with van der Waals surface area (Å²) < 4.78 is 0. The molecule has 0 aliphatic heterocycles. The van der Waals surface area contributed by atoms with E-state index in [-0.39, 0.29) is 5.91 Å². The molecular formula is C18H21N2O3-. The summed E-state index contributed by atoms with van der Waals surface area (Å²) in [6.07, 6.45) is 5.63. The van der Waals surface area contributed by atoms with E-state index in [0.717, 1.165) is 35.7 Å². The van der Waals surface area contributed by atoms with Crippen molar-refractivity contribution in [3.63, 3.8) is 0 Å². The Morgan fingerprint density at radius 3 is 2.70 bits per heavy atom. The lowest BCUT2D eigenvalue weighted by Gasteiger charge is -2.31. The summed E-state index contributed by atoms with van der Waals surface area (Å²) in [5.41, 5.74) is 2.24. The van der Waals surface area contributed by atoms with Gasteiger partial charge in [-0.25, -0.2) is 0 Å². The smallest absolute Gasteiger partial charge is 0.223 e. The largest absolute Gasteiger partial charge is 0.550 e. The van der Waals surface area contributed by atoms with Crippen molar-refractivity contribution in [3.8, 4) is 0 Å². The first-order valence-electron chi connectivity index (χ1n) is 8.20. The van der Waals surface area contributed by atoms with Gasteiger partial charge in [0, 0.05) is 41.4 Å². The highest BCUT2D eigenvalue weighted by atomic mass is 16.4. The molecular weight excluding hydrogens is 292 g/mol. The van der Waals surface area contributed by atoms with Crippen LogP contribution in [0.3, 0.4) is 0 Å². The van der Waals surface area contributed by atoms with Gasteiger partial charge >= 0.3 is 0 Å². The van der Waals surface area contributed by atoms with E-state index in [0.29, 0.717) is 19.4 Å². The SMILES string of the molecule is O=C(NCCc1c[nH]c2ccccc12)[C@H]1CCCC[C@H]1C(=O)[O-]. The molecule has 0 saturated heterocycles. The van der Waals surface area contributed by atoms with Gasteiger partial charge in [-0.15, -0.1) is 0 Å². The van der Waals surface area contributed by atoms with Gasteiger partial charge in [-0.2, -0.15) is 0 Å². The molecule has 1 fully saturated rings. The molecule has 0 spiro atoms. The molecule has 5 heteroatoms. The quantitative estimate of drug-likeness (QED) is 0.874. The molecule has 0 unspecified atom stereocenters. The van der Waals surface area contributed by atoms with Crippen molar-refractivity contribution < 1.29 is 14.7 Å². The van der Waals surface area contributed by atoms with Gasteiger partial charge in [0.2, 0.25) is 5.91 Å². The van der Waals surface area contributed by atoms with Gasteiger partial charge in [0.1, 0.15) is 0 Å². The molecule has 3 rings (SSSR count). The number of rotatable bonds is 5. The molecule has 1 aliphatic rings. The number of fused-ring (bicyclic) bond motifs is 1. The number of benzene rings is 1. The Hall–Kier alpha value is -2.30. The minimum absolute atomic E-state index is 0.154. The lowest BCUT2D eigenvalue weighted by atomic mass is 9.78. The highest BCUT2D eigenvalue weighted by Crippen LogP contribution is 2.29. The zero-order valence-corrected chi connectivity index (χ0v) is 13.0. The van der Waals surface area contributed by atoms with Gasteiger partial charge in [0.05, 0.1) is 0 Å². The summed E-state index contributed by atoms with van der Waals surface area (Å²) in [4.78, 5) is 26.7. The Morgan fingerprint density at radius 2 is 1.91 bits per heavy atom. The number of aromatic nitrogens is 1. The topological polar surface area (TPSA) is 85.0 Å². The van der Waals surface area contributed by atoms with Crippen LogP contribution in [0.25, 0.3) is 10.9 Å². The van der Waals surface area contributed by atoms with E-state index in [1.54, 1.807) is 0 Å². The maximum absolute atomic E-state index is 12.3. The average Bonchev–Trinajstić information content (AvgIpc) is 2.98. The molecule has 23 heavy (non-hydrogen) atoms. The fraction of sp³-hybridized carbons (Fsp3) is 0.444. The lowest BCUT2D eigenvalue weighted by Crippen LogP contribution is -2.44. The van der Waals surface area contributed by atoms with Crippen LogP contribution in [-0.4, -0.2) is 23.4 Å². The Morgan fingerprint density at radius 1 is 1.17 bits per heavy atom. The van der Waals surface area contributed by atoms with Crippen LogP contribution in [0.5, 0.6) is 0 Å². The van der Waals surface area contributed by atoms with E-state index < -0.39 is 17.8 Å². The second kappa shape index (κ2) is 6.86. The first-order chi connectivity index (χ1) is 11.2. The second-order valence-electron chi connectivity index (χ2n) is 6.22. The van der Waals surface area contributed by atoms with Crippen LogP contribution in [0.1, 0.15) is 31.2 Å². The number of hydrogen-bond donors (Lipinski definition) is 2. The molecule has 1 aromatic heterocycles. The number of H-pyrrole nitrogens is 1. The Kier molecular flexibility index (Phi) is 4.65. The van der Waals surface area contributed by atoms with Crippen molar-refractivity contribution in [2.45, 2.75) is 32.1 Å². The number of carbonyl (C=O) groups excluding carboxylic acids is 2. The molecule has 1 amide bonds. The summed E-state index contributed by atoms with van der Waals surface area (Å²) in [5, 5.41) is 15.2. The third-order valence-corrected chi connectivity index (χ3v) is 4.77. The molecule has 2 N–H and O–H groups in total. The van der Waals surface area contributed by atoms with Crippen molar-refractivity contribution in [2.75, 3.05) is 6.54 Å². The van der Waals surface area contributed by atoms with E-state index in [9.17, 15) is 14.7 Å². The first-order valence-corrected chi connectivity index (χ1v) is 8.20. The minimum atomic E-state index is -1.10. The number of carboxylic acid groups (broad SMARTS) is 1. The number of aromatic amines is 1. The predicted molar refractivity (Wildman–Crippen MR) is 85.5 cm³/mol. The molecule has 1 saturated carbocycles. The zero-order chi connectivity index (χ0) is 16.2. The number of carbonyl (C=O) groups is 2. The number of amides is 1. The third kappa shape index (κ3) is 3.38. The molecule has 2 aromatic rings. The van der Waals surface area contributed by atoms with Gasteiger partial charge in [-0.3, -0.25) is 4.79 Å². The van der Waals surface area contributed by atoms with Crippen LogP contribution in [-0.2, 0) is 16.0 Å². The third-order valence-electron chi connectivity index (χ3n) is 4.77. The molecule has 5 nitrogen and oxygen atoms in total. The number of nitrogens with one attached hydrogen (secondary N) is 2. The minimum Gasteiger partial charge on any atom is -0.550 e. The predicted octanol–water partition coefficient (Wildman–Crippen LogP) is 1.38. The summed E-state index contributed by atoms with van der Waals surface area (Å²) in [7, 11) is 0. The van der Waals surface area contributed by atoms with Gasteiger partial charge in [-0.1, -0.05) is 31.0 Å². The van der Waals surface area contributed by atoms with Crippen molar-refractivity contribution in [1.82, 2.24) is 10.3 Å². The Labute approximate surface area is 135 Å². The van der Waals surface area contributed by atoms with E-state index in [4.69, 9.17) is 0 Å². The van der Waals surface area contributed by atoms with Crippen LogP contribution >= 0.6 is 0 Å². The maximum Gasteiger partial charge on any atom is 0.223 e. The number of para-hydroxylation sites is 1. The number of carboxylic acids is 1. The standard InChI is InChI=1S/C18H22N2O3/c21-17(14-6-1-2-7-15(14)18(22)23)19-10-9-12-11-20-16-8-4-3-5-13(12)16/h3-5,8,11,14-15,20H,1-2,6-7,9-10H2,(H,19,21)(H,22,23)/p-1/t14-,15+/m0/s1. The van der Waals surface area contributed by atoms with Crippen molar-refractivity contribution in [1.29, 1.82) is 0 Å². The lowest BCUT2D eigenvalue weighted by molar-refractivity contribution is -0.314. The van der Waals surface area contributed by atoms with E-state index in [1.807, 2.05) is 24.4 Å². The fourth-order valence-electron chi connectivity index (χ4n) is 3.52. The van der Waals surface area contributed by atoms with E-state index in [2.05, 4.69) is 16.4 Å². The molecule has 122 valence electrons. The summed E-state index contributed by atoms with van der Waals surface area (Å²) in [5.74, 6) is -2.34. The molecule has 0 bridgehead atoms. The number of hydrogen-bond acceptors (Lipinski definition) is 3. The van der Waals surface area contributed by atoms with Crippen LogP contribution in [0.2, 0.25) is 0 Å². The van der Waals surface area contributed by atoms with Crippen LogP contribution in [0.15, 0.2) is 30.5 Å². The Balaban J connectivity index is 1.57. The van der Waals surface area contributed by atoms with Gasteiger partial charge in [0.15, 0.2) is 0 Å². The van der Waals surface area contributed by atoms with Crippen molar-refractivity contribution in [2.24, 2.45) is 11.8 Å². The van der Waals surface area contributed by atoms with Crippen molar-refractivity contribution in [3.05, 3.63) is 36.0 Å². The molecule has 0 radical (unpaired) electrons. The van der Waals surface area contributed by atoms with E-state index >= 15 is 0 Å².